The van der Waals surface area contributed by atoms with E-state index < -0.39 is 0 Å². The van der Waals surface area contributed by atoms with E-state index in [1.807, 2.05) is 6.07 Å². The highest BCUT2D eigenvalue weighted by molar-refractivity contribution is 9.10. The number of aryl methyl sites for hydroxylation is 1. The molecule has 0 spiro atoms. The van der Waals surface area contributed by atoms with E-state index in [0.717, 1.165) is 36.8 Å². The fourth-order valence-electron chi connectivity index (χ4n) is 2.16. The smallest absolute Gasteiger partial charge is 0.273 e. The summed E-state index contributed by atoms with van der Waals surface area (Å²) in [4.78, 5) is 11.9. The zero-order valence-electron chi connectivity index (χ0n) is 10.4. The molecular weight excluding hydrogens is 318 g/mol. The molecule has 0 aliphatic carbocycles. The Bertz CT molecular complexity index is 441. The average molecular weight is 337 g/mol. The van der Waals surface area contributed by atoms with E-state index in [1.54, 1.807) is 17.8 Å². The van der Waals surface area contributed by atoms with Crippen LogP contribution in [0.15, 0.2) is 21.5 Å². The Labute approximate surface area is 122 Å². The second-order valence-electron chi connectivity index (χ2n) is 4.51. The van der Waals surface area contributed by atoms with Gasteiger partial charge in [-0.1, -0.05) is 0 Å². The summed E-state index contributed by atoms with van der Waals surface area (Å²) in [5, 5.41) is 6.74. The quantitative estimate of drug-likeness (QED) is 0.869. The van der Waals surface area contributed by atoms with Crippen molar-refractivity contribution < 1.29 is 0 Å². The number of hydrogen-bond donors (Lipinski definition) is 2. The molecule has 4 nitrogen and oxygen atoms in total. The Kier molecular flexibility index (Phi) is 6.18. The maximum Gasteiger partial charge on any atom is 0.273 e. The van der Waals surface area contributed by atoms with Crippen LogP contribution in [0.4, 0.5) is 5.69 Å². The van der Waals surface area contributed by atoms with Crippen molar-refractivity contribution in [1.82, 2.24) is 9.88 Å². The summed E-state index contributed by atoms with van der Waals surface area (Å²) in [5.41, 5.74) is 0.721. The van der Waals surface area contributed by atoms with Crippen molar-refractivity contribution in [3.05, 3.63) is 27.1 Å². The molecule has 102 valence electrons. The van der Waals surface area contributed by atoms with Crippen molar-refractivity contribution in [1.29, 1.82) is 0 Å². The summed E-state index contributed by atoms with van der Waals surface area (Å²) in [6.45, 7) is 2.10. The van der Waals surface area contributed by atoms with Gasteiger partial charge in [0.2, 0.25) is 0 Å². The van der Waals surface area contributed by atoms with Crippen LogP contribution in [0.3, 0.4) is 0 Å². The number of halogens is 2. The first-order valence-corrected chi connectivity index (χ1v) is 6.79. The molecule has 0 saturated carbocycles. The number of rotatable bonds is 2. The molecule has 2 rings (SSSR count). The molecule has 1 aliphatic rings. The predicted octanol–water partition coefficient (Wildman–Crippen LogP) is 2.12. The third-order valence-electron chi connectivity index (χ3n) is 3.09. The van der Waals surface area contributed by atoms with Gasteiger partial charge in [0.15, 0.2) is 0 Å². The zero-order valence-corrected chi connectivity index (χ0v) is 12.8. The highest BCUT2D eigenvalue weighted by atomic mass is 79.9. The lowest BCUT2D eigenvalue weighted by molar-refractivity contribution is 0.635. The van der Waals surface area contributed by atoms with Crippen LogP contribution in [0.1, 0.15) is 19.3 Å². The van der Waals surface area contributed by atoms with Crippen molar-refractivity contribution in [3.8, 4) is 0 Å². The minimum atomic E-state index is 0. The van der Waals surface area contributed by atoms with Gasteiger partial charge in [0.05, 0.1) is 0 Å². The first-order chi connectivity index (χ1) is 8.16. The van der Waals surface area contributed by atoms with Crippen LogP contribution in [0.25, 0.3) is 0 Å². The Balaban J connectivity index is 0.00000162. The number of pyridine rings is 1. The highest BCUT2D eigenvalue weighted by Crippen LogP contribution is 2.15. The predicted molar refractivity (Wildman–Crippen MR) is 80.8 cm³/mol. The standard InChI is InChI=1S/C12H18BrN3O.ClH/c1-16-8-9(13)7-11(12(16)17)15-10-3-2-5-14-6-4-10;/h7-8,10,14-15H,2-6H2,1H3;1H. The van der Waals surface area contributed by atoms with E-state index in [9.17, 15) is 4.79 Å². The molecule has 1 aromatic rings. The van der Waals surface area contributed by atoms with E-state index in [1.165, 1.54) is 0 Å². The van der Waals surface area contributed by atoms with Crippen molar-refractivity contribution in [2.75, 3.05) is 18.4 Å². The molecule has 0 amide bonds. The Hall–Kier alpha value is -0.520. The van der Waals surface area contributed by atoms with Gasteiger partial charge < -0.3 is 15.2 Å². The van der Waals surface area contributed by atoms with Crippen LogP contribution < -0.4 is 16.2 Å². The molecule has 0 bridgehead atoms. The van der Waals surface area contributed by atoms with Crippen molar-refractivity contribution in [3.63, 3.8) is 0 Å². The summed E-state index contributed by atoms with van der Waals surface area (Å²) in [5.74, 6) is 0. The van der Waals surface area contributed by atoms with E-state index in [0.29, 0.717) is 11.7 Å². The SMILES string of the molecule is Cl.Cn1cc(Br)cc(NC2CCCNCC2)c1=O. The Morgan fingerprint density at radius 2 is 2.22 bits per heavy atom. The number of hydrogen-bond acceptors (Lipinski definition) is 3. The van der Waals surface area contributed by atoms with Crippen LogP contribution in [-0.2, 0) is 7.05 Å². The van der Waals surface area contributed by atoms with Gasteiger partial charge in [-0.25, -0.2) is 0 Å². The maximum atomic E-state index is 11.9. The van der Waals surface area contributed by atoms with Crippen LogP contribution in [0.5, 0.6) is 0 Å². The molecule has 1 saturated heterocycles. The van der Waals surface area contributed by atoms with Gasteiger partial charge in [0, 0.05) is 23.8 Å². The lowest BCUT2D eigenvalue weighted by Gasteiger charge is -2.17. The fraction of sp³-hybridized carbons (Fsp3) is 0.583. The lowest BCUT2D eigenvalue weighted by atomic mass is 10.1. The lowest BCUT2D eigenvalue weighted by Crippen LogP contribution is -2.27. The van der Waals surface area contributed by atoms with E-state index in [2.05, 4.69) is 26.6 Å². The van der Waals surface area contributed by atoms with Crippen molar-refractivity contribution in [2.45, 2.75) is 25.3 Å². The van der Waals surface area contributed by atoms with Gasteiger partial charge in [-0.2, -0.15) is 0 Å². The molecule has 0 radical (unpaired) electrons. The van der Waals surface area contributed by atoms with Gasteiger partial charge >= 0.3 is 0 Å². The third-order valence-corrected chi connectivity index (χ3v) is 3.52. The number of aromatic nitrogens is 1. The molecule has 1 unspecified atom stereocenters. The zero-order chi connectivity index (χ0) is 12.3. The molecule has 18 heavy (non-hydrogen) atoms. The van der Waals surface area contributed by atoms with Gasteiger partial charge in [-0.05, 0) is 54.3 Å². The second kappa shape index (κ2) is 7.16. The van der Waals surface area contributed by atoms with Gasteiger partial charge in [0.1, 0.15) is 5.69 Å². The monoisotopic (exact) mass is 335 g/mol. The van der Waals surface area contributed by atoms with Crippen LogP contribution in [0, 0.1) is 0 Å². The van der Waals surface area contributed by atoms with Crippen LogP contribution in [-0.4, -0.2) is 23.7 Å². The third kappa shape index (κ3) is 4.00. The molecular formula is C12H19BrClN3O. The summed E-state index contributed by atoms with van der Waals surface area (Å²) >= 11 is 3.42. The first kappa shape index (κ1) is 15.5. The molecule has 2 heterocycles. The summed E-state index contributed by atoms with van der Waals surface area (Å²) in [6.07, 6.45) is 5.12. The van der Waals surface area contributed by atoms with Gasteiger partial charge in [0.25, 0.3) is 5.56 Å². The van der Waals surface area contributed by atoms with Gasteiger partial charge in [-0.15, -0.1) is 12.4 Å². The topological polar surface area (TPSA) is 46.1 Å². The van der Waals surface area contributed by atoms with Crippen molar-refractivity contribution >= 4 is 34.0 Å². The second-order valence-corrected chi connectivity index (χ2v) is 5.43. The van der Waals surface area contributed by atoms with Gasteiger partial charge in [-0.3, -0.25) is 4.79 Å². The van der Waals surface area contributed by atoms with Crippen LogP contribution in [0.2, 0.25) is 0 Å². The number of nitrogens with one attached hydrogen (secondary N) is 2. The molecule has 1 atom stereocenters. The molecule has 0 aromatic carbocycles. The van der Waals surface area contributed by atoms with E-state index >= 15 is 0 Å². The largest absolute Gasteiger partial charge is 0.378 e. The van der Waals surface area contributed by atoms with Crippen LogP contribution >= 0.6 is 28.3 Å². The molecule has 6 heteroatoms. The maximum absolute atomic E-state index is 11.9. The first-order valence-electron chi connectivity index (χ1n) is 6.00. The molecule has 1 aromatic heterocycles. The highest BCUT2D eigenvalue weighted by Gasteiger charge is 2.13. The normalized spacial score (nSPS) is 19.8. The summed E-state index contributed by atoms with van der Waals surface area (Å²) in [6, 6.07) is 2.26. The minimum Gasteiger partial charge on any atom is -0.378 e. The molecule has 1 fully saturated rings. The molecule has 2 N–H and O–H groups in total. The molecule has 1 aliphatic heterocycles. The fourth-order valence-corrected chi connectivity index (χ4v) is 2.69. The Morgan fingerprint density at radius 3 is 3.00 bits per heavy atom. The average Bonchev–Trinajstić information content (AvgIpc) is 2.54. The van der Waals surface area contributed by atoms with E-state index in [4.69, 9.17) is 0 Å². The summed E-state index contributed by atoms with van der Waals surface area (Å²) in [7, 11) is 1.77. The minimum absolute atomic E-state index is 0. The summed E-state index contributed by atoms with van der Waals surface area (Å²) < 4.78 is 2.52. The Morgan fingerprint density at radius 1 is 1.44 bits per heavy atom. The van der Waals surface area contributed by atoms with E-state index in [-0.39, 0.29) is 18.0 Å². The van der Waals surface area contributed by atoms with Crippen molar-refractivity contribution in [2.24, 2.45) is 7.05 Å². The number of anilines is 1. The number of nitrogens with zero attached hydrogens (tertiary/aromatic N) is 1.